The number of ether oxygens (including phenoxy) is 1. The van der Waals surface area contributed by atoms with Gasteiger partial charge in [0.1, 0.15) is 5.75 Å². The second-order valence-electron chi connectivity index (χ2n) is 4.54. The minimum absolute atomic E-state index is 0.117. The van der Waals surface area contributed by atoms with Crippen LogP contribution in [0.15, 0.2) is 24.3 Å². The van der Waals surface area contributed by atoms with Crippen LogP contribution >= 0.6 is 0 Å². The first-order chi connectivity index (χ1) is 8.76. The summed E-state index contributed by atoms with van der Waals surface area (Å²) in [5.41, 5.74) is 0.733. The highest BCUT2D eigenvalue weighted by molar-refractivity contribution is 5.94. The number of amides is 1. The fourth-order valence-electron chi connectivity index (χ4n) is 2.08. The number of carbonyl (C=O) groups excluding carboxylic acids is 1. The molecule has 1 amide bonds. The largest absolute Gasteiger partial charge is 0.497 e. The molecule has 0 aromatic heterocycles. The summed E-state index contributed by atoms with van der Waals surface area (Å²) in [4.78, 5) is 14.4. The minimum atomic E-state index is 0.117. The van der Waals surface area contributed by atoms with Crippen LogP contribution in [0.5, 0.6) is 5.75 Å². The molecule has 1 heterocycles. The number of rotatable bonds is 5. The third-order valence-electron chi connectivity index (χ3n) is 3.26. The van der Waals surface area contributed by atoms with E-state index in [4.69, 9.17) is 4.74 Å². The third-order valence-corrected chi connectivity index (χ3v) is 3.26. The minimum Gasteiger partial charge on any atom is -0.497 e. The first-order valence-electron chi connectivity index (χ1n) is 6.42. The van der Waals surface area contributed by atoms with Gasteiger partial charge in [-0.3, -0.25) is 4.79 Å². The molecule has 0 saturated carbocycles. The number of hydrogen-bond donors (Lipinski definition) is 1. The Morgan fingerprint density at radius 1 is 1.39 bits per heavy atom. The van der Waals surface area contributed by atoms with Crippen LogP contribution in [0.4, 0.5) is 0 Å². The van der Waals surface area contributed by atoms with Crippen LogP contribution in [0.1, 0.15) is 23.7 Å². The Balaban J connectivity index is 2.10. The second-order valence-corrected chi connectivity index (χ2v) is 4.54. The van der Waals surface area contributed by atoms with Crippen molar-refractivity contribution in [2.24, 2.45) is 0 Å². The Bertz CT molecular complexity index is 399. The molecule has 0 unspecified atom stereocenters. The van der Waals surface area contributed by atoms with Crippen molar-refractivity contribution in [2.75, 3.05) is 26.7 Å². The van der Waals surface area contributed by atoms with Gasteiger partial charge in [0.15, 0.2) is 0 Å². The average molecular weight is 248 g/mol. The standard InChI is InChI=1S/C14H20N2O2/c1-3-8-16(12-9-15-10-12)14(17)11-4-6-13(18-2)7-5-11/h4-7,12,15H,3,8-10H2,1-2H3. The van der Waals surface area contributed by atoms with Crippen LogP contribution in [-0.2, 0) is 0 Å². The number of methoxy groups -OCH3 is 1. The van der Waals surface area contributed by atoms with Gasteiger partial charge in [0, 0.05) is 25.2 Å². The van der Waals surface area contributed by atoms with Gasteiger partial charge in [0.2, 0.25) is 0 Å². The lowest BCUT2D eigenvalue weighted by Gasteiger charge is -2.38. The number of benzene rings is 1. The van der Waals surface area contributed by atoms with Gasteiger partial charge in [-0.1, -0.05) is 6.92 Å². The van der Waals surface area contributed by atoms with E-state index < -0.39 is 0 Å². The Labute approximate surface area is 108 Å². The number of nitrogens with zero attached hydrogens (tertiary/aromatic N) is 1. The van der Waals surface area contributed by atoms with E-state index >= 15 is 0 Å². The summed E-state index contributed by atoms with van der Waals surface area (Å²) < 4.78 is 5.10. The molecule has 2 rings (SSSR count). The van der Waals surface area contributed by atoms with E-state index in [2.05, 4.69) is 12.2 Å². The maximum atomic E-state index is 12.4. The fraction of sp³-hybridized carbons (Fsp3) is 0.500. The van der Waals surface area contributed by atoms with Gasteiger partial charge in [0.05, 0.1) is 13.2 Å². The zero-order chi connectivity index (χ0) is 13.0. The summed E-state index contributed by atoms with van der Waals surface area (Å²) in [7, 11) is 1.63. The van der Waals surface area contributed by atoms with Crippen molar-refractivity contribution in [1.82, 2.24) is 10.2 Å². The maximum absolute atomic E-state index is 12.4. The van der Waals surface area contributed by atoms with E-state index in [0.717, 1.165) is 37.4 Å². The summed E-state index contributed by atoms with van der Waals surface area (Å²) in [6, 6.07) is 7.66. The van der Waals surface area contributed by atoms with Gasteiger partial charge < -0.3 is 15.0 Å². The summed E-state index contributed by atoms with van der Waals surface area (Å²) in [6.07, 6.45) is 0.985. The molecular weight excluding hydrogens is 228 g/mol. The van der Waals surface area contributed by atoms with Crippen molar-refractivity contribution >= 4 is 5.91 Å². The molecule has 0 bridgehead atoms. The maximum Gasteiger partial charge on any atom is 0.254 e. The monoisotopic (exact) mass is 248 g/mol. The van der Waals surface area contributed by atoms with Gasteiger partial charge in [-0.05, 0) is 30.7 Å². The molecule has 1 aliphatic heterocycles. The predicted octanol–water partition coefficient (Wildman–Crippen LogP) is 1.52. The molecule has 0 spiro atoms. The molecule has 1 fully saturated rings. The molecule has 18 heavy (non-hydrogen) atoms. The zero-order valence-electron chi connectivity index (χ0n) is 11.0. The van der Waals surface area contributed by atoms with Crippen molar-refractivity contribution in [2.45, 2.75) is 19.4 Å². The molecule has 0 atom stereocenters. The lowest BCUT2D eigenvalue weighted by Crippen LogP contribution is -2.59. The Hall–Kier alpha value is -1.55. The predicted molar refractivity (Wildman–Crippen MR) is 71.0 cm³/mol. The van der Waals surface area contributed by atoms with Gasteiger partial charge in [-0.25, -0.2) is 0 Å². The molecule has 98 valence electrons. The van der Waals surface area contributed by atoms with Gasteiger partial charge >= 0.3 is 0 Å². The van der Waals surface area contributed by atoms with Crippen molar-refractivity contribution in [3.05, 3.63) is 29.8 Å². The number of nitrogens with one attached hydrogen (secondary N) is 1. The molecule has 1 aliphatic rings. The van der Waals surface area contributed by atoms with Crippen molar-refractivity contribution in [3.63, 3.8) is 0 Å². The van der Waals surface area contributed by atoms with E-state index in [-0.39, 0.29) is 5.91 Å². The lowest BCUT2D eigenvalue weighted by atomic mass is 10.1. The van der Waals surface area contributed by atoms with E-state index in [1.54, 1.807) is 7.11 Å². The lowest BCUT2D eigenvalue weighted by molar-refractivity contribution is 0.0616. The molecule has 1 aromatic carbocycles. The molecular formula is C14H20N2O2. The normalized spacial score (nSPS) is 15.0. The van der Waals surface area contributed by atoms with E-state index in [9.17, 15) is 4.79 Å². The van der Waals surface area contributed by atoms with E-state index in [1.165, 1.54) is 0 Å². The summed E-state index contributed by atoms with van der Waals surface area (Å²) >= 11 is 0. The quantitative estimate of drug-likeness (QED) is 0.859. The third kappa shape index (κ3) is 2.64. The van der Waals surface area contributed by atoms with Crippen LogP contribution in [-0.4, -0.2) is 43.6 Å². The van der Waals surface area contributed by atoms with Gasteiger partial charge in [0.25, 0.3) is 5.91 Å². The van der Waals surface area contributed by atoms with Gasteiger partial charge in [-0.15, -0.1) is 0 Å². The van der Waals surface area contributed by atoms with Gasteiger partial charge in [-0.2, -0.15) is 0 Å². The Kier molecular flexibility index (Phi) is 4.20. The first kappa shape index (κ1) is 12.9. The topological polar surface area (TPSA) is 41.6 Å². The zero-order valence-corrected chi connectivity index (χ0v) is 11.0. The summed E-state index contributed by atoms with van der Waals surface area (Å²) in [5.74, 6) is 0.893. The van der Waals surface area contributed by atoms with Crippen LogP contribution < -0.4 is 10.1 Å². The molecule has 1 N–H and O–H groups in total. The summed E-state index contributed by atoms with van der Waals surface area (Å²) in [6.45, 7) is 4.72. The van der Waals surface area contributed by atoms with Crippen molar-refractivity contribution in [1.29, 1.82) is 0 Å². The average Bonchev–Trinajstić information content (AvgIpc) is 2.35. The second kappa shape index (κ2) is 5.87. The highest BCUT2D eigenvalue weighted by atomic mass is 16.5. The van der Waals surface area contributed by atoms with Crippen molar-refractivity contribution < 1.29 is 9.53 Å². The van der Waals surface area contributed by atoms with Crippen LogP contribution in [0.3, 0.4) is 0 Å². The van der Waals surface area contributed by atoms with Crippen LogP contribution in [0.25, 0.3) is 0 Å². The fourth-order valence-corrected chi connectivity index (χ4v) is 2.08. The Morgan fingerprint density at radius 2 is 2.06 bits per heavy atom. The van der Waals surface area contributed by atoms with Crippen molar-refractivity contribution in [3.8, 4) is 5.75 Å². The molecule has 4 nitrogen and oxygen atoms in total. The smallest absolute Gasteiger partial charge is 0.254 e. The van der Waals surface area contributed by atoms with E-state index in [1.807, 2.05) is 29.2 Å². The molecule has 4 heteroatoms. The SMILES string of the molecule is CCCN(C(=O)c1ccc(OC)cc1)C1CNC1. The molecule has 1 saturated heterocycles. The first-order valence-corrected chi connectivity index (χ1v) is 6.42. The molecule has 0 radical (unpaired) electrons. The molecule has 1 aromatic rings. The van der Waals surface area contributed by atoms with Crippen LogP contribution in [0, 0.1) is 0 Å². The highest BCUT2D eigenvalue weighted by Gasteiger charge is 2.28. The Morgan fingerprint density at radius 3 is 2.50 bits per heavy atom. The summed E-state index contributed by atoms with van der Waals surface area (Å²) in [5, 5.41) is 3.21. The number of hydrogen-bond acceptors (Lipinski definition) is 3. The number of carbonyl (C=O) groups is 1. The van der Waals surface area contributed by atoms with Crippen LogP contribution in [0.2, 0.25) is 0 Å². The highest BCUT2D eigenvalue weighted by Crippen LogP contribution is 2.16. The molecule has 0 aliphatic carbocycles. The van der Waals surface area contributed by atoms with E-state index in [0.29, 0.717) is 6.04 Å².